The summed E-state index contributed by atoms with van der Waals surface area (Å²) in [5.41, 5.74) is 1.12. The van der Waals surface area contributed by atoms with Gasteiger partial charge in [-0.15, -0.1) is 0 Å². The van der Waals surface area contributed by atoms with Crippen LogP contribution in [0.25, 0.3) is 0 Å². The molecule has 0 bridgehead atoms. The summed E-state index contributed by atoms with van der Waals surface area (Å²) < 4.78 is 25.2. The molecule has 1 heterocycles. The Bertz CT molecular complexity index is 551. The van der Waals surface area contributed by atoms with Crippen molar-refractivity contribution in [3.8, 4) is 0 Å². The van der Waals surface area contributed by atoms with Crippen molar-refractivity contribution in [2.45, 2.75) is 13.8 Å². The van der Waals surface area contributed by atoms with Gasteiger partial charge in [-0.1, -0.05) is 19.1 Å². The Kier molecular flexibility index (Phi) is 2.95. The van der Waals surface area contributed by atoms with Gasteiger partial charge < -0.3 is 0 Å². The van der Waals surface area contributed by atoms with Crippen molar-refractivity contribution in [3.05, 3.63) is 29.8 Å². The quantitative estimate of drug-likeness (QED) is 0.753. The van der Waals surface area contributed by atoms with E-state index in [9.17, 15) is 13.2 Å². The van der Waals surface area contributed by atoms with E-state index in [1.807, 2.05) is 6.92 Å². The first kappa shape index (κ1) is 12.1. The molecule has 1 atom stereocenters. The summed E-state index contributed by atoms with van der Waals surface area (Å²) in [5.74, 6) is 0.245. The molecule has 1 aromatic rings. The van der Waals surface area contributed by atoms with Gasteiger partial charge in [-0.2, -0.15) is 0 Å². The first-order valence-electron chi connectivity index (χ1n) is 5.51. The van der Waals surface area contributed by atoms with Gasteiger partial charge >= 0.3 is 0 Å². The average molecular weight is 253 g/mol. The summed E-state index contributed by atoms with van der Waals surface area (Å²) >= 11 is 0. The highest BCUT2D eigenvalue weighted by Gasteiger charge is 2.33. The molecular formula is C12H15NO3S. The van der Waals surface area contributed by atoms with E-state index in [1.54, 1.807) is 24.3 Å². The number of sulfonamides is 1. The fourth-order valence-corrected chi connectivity index (χ4v) is 3.97. The van der Waals surface area contributed by atoms with Crippen LogP contribution in [0.3, 0.4) is 0 Å². The van der Waals surface area contributed by atoms with Gasteiger partial charge in [-0.05, 0) is 25.0 Å². The Morgan fingerprint density at radius 1 is 1.41 bits per heavy atom. The average Bonchev–Trinajstić information content (AvgIpc) is 2.52. The third-order valence-electron chi connectivity index (χ3n) is 2.85. The lowest BCUT2D eigenvalue weighted by atomic mass is 10.1. The normalized spacial score (nSPS) is 22.7. The zero-order chi connectivity index (χ0) is 12.6. The smallest absolute Gasteiger partial charge is 0.235 e. The highest BCUT2D eigenvalue weighted by molar-refractivity contribution is 7.93. The van der Waals surface area contributed by atoms with Crippen LogP contribution in [0.1, 0.15) is 24.2 Å². The molecule has 1 saturated heterocycles. The molecule has 0 spiro atoms. The van der Waals surface area contributed by atoms with Gasteiger partial charge in [-0.3, -0.25) is 9.10 Å². The molecule has 5 heteroatoms. The van der Waals surface area contributed by atoms with Gasteiger partial charge in [0.25, 0.3) is 0 Å². The zero-order valence-corrected chi connectivity index (χ0v) is 10.7. The Morgan fingerprint density at radius 3 is 2.65 bits per heavy atom. The van der Waals surface area contributed by atoms with Crippen molar-refractivity contribution >= 4 is 21.5 Å². The molecule has 4 nitrogen and oxygen atoms in total. The van der Waals surface area contributed by atoms with Crippen LogP contribution >= 0.6 is 0 Å². The lowest BCUT2D eigenvalue weighted by Gasteiger charge is -2.17. The molecule has 0 radical (unpaired) electrons. The number of carbonyl (C=O) groups is 1. The zero-order valence-electron chi connectivity index (χ0n) is 9.88. The summed E-state index contributed by atoms with van der Waals surface area (Å²) in [6.07, 6.45) is 0. The molecule has 1 fully saturated rings. The molecule has 0 aromatic heterocycles. The lowest BCUT2D eigenvalue weighted by molar-refractivity contribution is 0.101. The number of rotatable bonds is 2. The molecule has 1 aromatic carbocycles. The van der Waals surface area contributed by atoms with E-state index >= 15 is 0 Å². The second-order valence-corrected chi connectivity index (χ2v) is 6.46. The number of Topliss-reactive ketones (excluding diaryl/α,β-unsaturated/α-hetero) is 1. The number of ketones is 1. The van der Waals surface area contributed by atoms with Crippen LogP contribution in [-0.2, 0) is 10.0 Å². The van der Waals surface area contributed by atoms with Crippen molar-refractivity contribution in [1.29, 1.82) is 0 Å². The molecular weight excluding hydrogens is 238 g/mol. The molecule has 0 amide bonds. The van der Waals surface area contributed by atoms with Gasteiger partial charge in [0.1, 0.15) is 0 Å². The van der Waals surface area contributed by atoms with E-state index in [0.29, 0.717) is 17.8 Å². The van der Waals surface area contributed by atoms with Gasteiger partial charge in [0.15, 0.2) is 5.78 Å². The number of anilines is 1. The Balaban J connectivity index is 2.41. The Hall–Kier alpha value is -1.36. The Labute approximate surface area is 101 Å². The fraction of sp³-hybridized carbons (Fsp3) is 0.417. The summed E-state index contributed by atoms with van der Waals surface area (Å²) in [5, 5.41) is 0. The fourth-order valence-electron chi connectivity index (χ4n) is 2.04. The SMILES string of the molecule is CC(=O)c1cccc(N2C[C@H](C)CS2(=O)=O)c1. The number of nitrogens with zero attached hydrogens (tertiary/aromatic N) is 1. The van der Waals surface area contributed by atoms with Gasteiger partial charge in [0, 0.05) is 12.1 Å². The summed E-state index contributed by atoms with van der Waals surface area (Å²) in [7, 11) is -3.21. The van der Waals surface area contributed by atoms with Crippen LogP contribution in [0.15, 0.2) is 24.3 Å². The van der Waals surface area contributed by atoms with Crippen LogP contribution in [0, 0.1) is 5.92 Å². The largest absolute Gasteiger partial charge is 0.295 e. The van der Waals surface area contributed by atoms with Crippen molar-refractivity contribution in [2.75, 3.05) is 16.6 Å². The monoisotopic (exact) mass is 253 g/mol. The van der Waals surface area contributed by atoms with E-state index in [0.717, 1.165) is 0 Å². The van der Waals surface area contributed by atoms with E-state index in [4.69, 9.17) is 0 Å². The predicted octanol–water partition coefficient (Wildman–Crippen LogP) is 1.68. The molecule has 17 heavy (non-hydrogen) atoms. The minimum atomic E-state index is -3.21. The van der Waals surface area contributed by atoms with Crippen LogP contribution in [0.5, 0.6) is 0 Å². The summed E-state index contributed by atoms with van der Waals surface area (Å²) in [6, 6.07) is 6.77. The summed E-state index contributed by atoms with van der Waals surface area (Å²) in [4.78, 5) is 11.3. The van der Waals surface area contributed by atoms with E-state index in [2.05, 4.69) is 0 Å². The first-order chi connectivity index (χ1) is 7.90. The van der Waals surface area contributed by atoms with Crippen molar-refractivity contribution in [1.82, 2.24) is 0 Å². The minimum Gasteiger partial charge on any atom is -0.295 e. The maximum absolute atomic E-state index is 11.9. The van der Waals surface area contributed by atoms with Crippen molar-refractivity contribution < 1.29 is 13.2 Å². The maximum Gasteiger partial charge on any atom is 0.235 e. The van der Waals surface area contributed by atoms with Gasteiger partial charge in [-0.25, -0.2) is 8.42 Å². The molecule has 0 saturated carbocycles. The number of carbonyl (C=O) groups excluding carboxylic acids is 1. The Morgan fingerprint density at radius 2 is 2.12 bits per heavy atom. The molecule has 0 aliphatic carbocycles. The van der Waals surface area contributed by atoms with Crippen LogP contribution in [-0.4, -0.2) is 26.5 Å². The van der Waals surface area contributed by atoms with Gasteiger partial charge in [0.2, 0.25) is 10.0 Å². The molecule has 0 N–H and O–H groups in total. The minimum absolute atomic E-state index is 0.0588. The third-order valence-corrected chi connectivity index (χ3v) is 4.87. The second kappa shape index (κ2) is 4.14. The number of hydrogen-bond acceptors (Lipinski definition) is 3. The second-order valence-electron chi connectivity index (χ2n) is 4.52. The standard InChI is InChI=1S/C12H15NO3S/c1-9-7-13(17(15,16)8-9)12-5-3-4-11(6-12)10(2)14/h3-6,9H,7-8H2,1-2H3/t9-/m0/s1. The number of hydrogen-bond donors (Lipinski definition) is 0. The molecule has 2 rings (SSSR count). The van der Waals surface area contributed by atoms with Crippen molar-refractivity contribution in [2.24, 2.45) is 5.92 Å². The van der Waals surface area contributed by atoms with Gasteiger partial charge in [0.05, 0.1) is 11.4 Å². The predicted molar refractivity (Wildman–Crippen MR) is 66.7 cm³/mol. The van der Waals surface area contributed by atoms with Crippen molar-refractivity contribution in [3.63, 3.8) is 0 Å². The number of benzene rings is 1. The van der Waals surface area contributed by atoms with Crippen LogP contribution in [0.4, 0.5) is 5.69 Å². The molecule has 0 unspecified atom stereocenters. The third kappa shape index (κ3) is 2.34. The molecule has 1 aliphatic rings. The lowest BCUT2D eigenvalue weighted by Crippen LogP contribution is -2.25. The molecule has 1 aliphatic heterocycles. The highest BCUT2D eigenvalue weighted by atomic mass is 32.2. The van der Waals surface area contributed by atoms with Crippen LogP contribution in [0.2, 0.25) is 0 Å². The highest BCUT2D eigenvalue weighted by Crippen LogP contribution is 2.27. The molecule has 92 valence electrons. The van der Waals surface area contributed by atoms with E-state index in [-0.39, 0.29) is 17.5 Å². The first-order valence-corrected chi connectivity index (χ1v) is 7.12. The van der Waals surface area contributed by atoms with E-state index < -0.39 is 10.0 Å². The van der Waals surface area contributed by atoms with E-state index in [1.165, 1.54) is 11.2 Å². The maximum atomic E-state index is 11.9. The van der Waals surface area contributed by atoms with Crippen LogP contribution < -0.4 is 4.31 Å². The topological polar surface area (TPSA) is 54.5 Å². The summed E-state index contributed by atoms with van der Waals surface area (Å²) in [6.45, 7) is 3.87.